The Morgan fingerprint density at radius 3 is 2.35 bits per heavy atom. The first kappa shape index (κ1) is 14.2. The molecule has 0 unspecified atom stereocenters. The molecule has 2 aromatic rings. The molecule has 0 aliphatic carbocycles. The minimum atomic E-state index is -3.75. The van der Waals surface area contributed by atoms with Gasteiger partial charge in [0, 0.05) is 18.3 Å². The lowest BCUT2D eigenvalue weighted by atomic mass is 10.2. The minimum Gasteiger partial charge on any atom is -0.351 e. The number of nitrogens with zero attached hydrogens (tertiary/aromatic N) is 2. The first-order valence-corrected chi connectivity index (χ1v) is 7.17. The summed E-state index contributed by atoms with van der Waals surface area (Å²) in [4.78, 5) is 13.5. The molecule has 20 heavy (non-hydrogen) atoms. The SMILES string of the molecule is Cc1cnoc1C(=O)N(C)c1ccc(S(N)(=O)=O)cc1. The highest BCUT2D eigenvalue weighted by atomic mass is 32.2. The minimum absolute atomic E-state index is 0.0158. The third-order valence-electron chi connectivity index (χ3n) is 2.80. The van der Waals surface area contributed by atoms with Crippen molar-refractivity contribution >= 4 is 21.6 Å². The van der Waals surface area contributed by atoms with Crippen molar-refractivity contribution in [3.63, 3.8) is 0 Å². The van der Waals surface area contributed by atoms with E-state index in [1.807, 2.05) is 0 Å². The maximum absolute atomic E-state index is 12.2. The van der Waals surface area contributed by atoms with Gasteiger partial charge in [0.25, 0.3) is 5.91 Å². The lowest BCUT2D eigenvalue weighted by molar-refractivity contribution is 0.0956. The van der Waals surface area contributed by atoms with Gasteiger partial charge in [-0.2, -0.15) is 0 Å². The second-order valence-electron chi connectivity index (χ2n) is 4.24. The fourth-order valence-electron chi connectivity index (χ4n) is 1.63. The molecule has 1 aromatic carbocycles. The second-order valence-corrected chi connectivity index (χ2v) is 5.80. The van der Waals surface area contributed by atoms with E-state index in [0.717, 1.165) is 0 Å². The number of nitrogens with two attached hydrogens (primary N) is 1. The molecule has 0 aliphatic rings. The molecule has 0 radical (unpaired) electrons. The van der Waals surface area contributed by atoms with Gasteiger partial charge < -0.3 is 9.42 Å². The lowest BCUT2D eigenvalue weighted by Gasteiger charge is -2.16. The zero-order chi connectivity index (χ0) is 14.9. The van der Waals surface area contributed by atoms with Crippen LogP contribution in [0.2, 0.25) is 0 Å². The van der Waals surface area contributed by atoms with Crippen molar-refractivity contribution < 1.29 is 17.7 Å². The van der Waals surface area contributed by atoms with Gasteiger partial charge in [0.15, 0.2) is 0 Å². The maximum atomic E-state index is 12.2. The summed E-state index contributed by atoms with van der Waals surface area (Å²) < 4.78 is 27.2. The van der Waals surface area contributed by atoms with Gasteiger partial charge in [0.2, 0.25) is 15.8 Å². The number of anilines is 1. The van der Waals surface area contributed by atoms with E-state index in [1.54, 1.807) is 14.0 Å². The number of rotatable bonds is 3. The van der Waals surface area contributed by atoms with Gasteiger partial charge in [0.1, 0.15) is 0 Å². The van der Waals surface area contributed by atoms with Crippen LogP contribution in [-0.2, 0) is 10.0 Å². The summed E-state index contributed by atoms with van der Waals surface area (Å²) in [5.41, 5.74) is 1.14. The Hall–Kier alpha value is -2.19. The molecular formula is C12H13N3O4S. The summed E-state index contributed by atoms with van der Waals surface area (Å²) in [5, 5.41) is 8.56. The van der Waals surface area contributed by atoms with Crippen LogP contribution in [0.3, 0.4) is 0 Å². The first-order valence-electron chi connectivity index (χ1n) is 5.63. The largest absolute Gasteiger partial charge is 0.351 e. The standard InChI is InChI=1S/C12H13N3O4S/c1-8-7-14-19-11(8)12(16)15(2)9-3-5-10(6-4-9)20(13,17)18/h3-7H,1-2H3,(H2,13,17,18). The van der Waals surface area contributed by atoms with Crippen LogP contribution in [-0.4, -0.2) is 26.5 Å². The number of amides is 1. The van der Waals surface area contributed by atoms with Crippen molar-refractivity contribution in [1.29, 1.82) is 0 Å². The molecule has 0 saturated heterocycles. The van der Waals surface area contributed by atoms with E-state index in [2.05, 4.69) is 5.16 Å². The Kier molecular flexibility index (Phi) is 3.60. The van der Waals surface area contributed by atoms with E-state index in [4.69, 9.17) is 9.66 Å². The van der Waals surface area contributed by atoms with Gasteiger partial charge in [0.05, 0.1) is 11.1 Å². The van der Waals surface area contributed by atoms with Gasteiger partial charge >= 0.3 is 0 Å². The average molecular weight is 295 g/mol. The van der Waals surface area contributed by atoms with Crippen LogP contribution in [0.25, 0.3) is 0 Å². The van der Waals surface area contributed by atoms with E-state index < -0.39 is 10.0 Å². The highest BCUT2D eigenvalue weighted by Crippen LogP contribution is 2.19. The number of hydrogen-bond donors (Lipinski definition) is 1. The number of hydrogen-bond acceptors (Lipinski definition) is 5. The number of sulfonamides is 1. The van der Waals surface area contributed by atoms with Crippen molar-refractivity contribution in [3.8, 4) is 0 Å². The Balaban J connectivity index is 2.28. The summed E-state index contributed by atoms with van der Waals surface area (Å²) in [6.45, 7) is 1.71. The third kappa shape index (κ3) is 2.70. The highest BCUT2D eigenvalue weighted by Gasteiger charge is 2.20. The number of primary sulfonamides is 1. The van der Waals surface area contributed by atoms with Gasteiger partial charge in [-0.05, 0) is 31.2 Å². The number of aryl methyl sites for hydroxylation is 1. The fraction of sp³-hybridized carbons (Fsp3) is 0.167. The zero-order valence-corrected chi connectivity index (χ0v) is 11.7. The van der Waals surface area contributed by atoms with E-state index >= 15 is 0 Å². The van der Waals surface area contributed by atoms with Crippen molar-refractivity contribution in [2.45, 2.75) is 11.8 Å². The molecule has 0 bridgehead atoms. The van der Waals surface area contributed by atoms with E-state index in [0.29, 0.717) is 11.3 Å². The van der Waals surface area contributed by atoms with Gasteiger partial charge in [-0.25, -0.2) is 13.6 Å². The first-order chi connectivity index (χ1) is 9.30. The van der Waals surface area contributed by atoms with Crippen molar-refractivity contribution in [2.75, 3.05) is 11.9 Å². The summed E-state index contributed by atoms with van der Waals surface area (Å²) in [5.74, 6) is -0.230. The number of benzene rings is 1. The molecule has 0 atom stereocenters. The van der Waals surface area contributed by atoms with Gasteiger partial charge in [-0.1, -0.05) is 5.16 Å². The molecule has 8 heteroatoms. The van der Waals surface area contributed by atoms with Gasteiger partial charge in [-0.3, -0.25) is 4.79 Å². The number of carbonyl (C=O) groups excluding carboxylic acids is 1. The second kappa shape index (κ2) is 5.06. The molecule has 2 rings (SSSR count). The van der Waals surface area contributed by atoms with E-state index in [-0.39, 0.29) is 16.6 Å². The molecule has 1 aromatic heterocycles. The number of carbonyl (C=O) groups is 1. The molecular weight excluding hydrogens is 282 g/mol. The molecule has 1 amide bonds. The van der Waals surface area contributed by atoms with Crippen LogP contribution >= 0.6 is 0 Å². The van der Waals surface area contributed by atoms with Crippen molar-refractivity contribution in [1.82, 2.24) is 5.16 Å². The summed E-state index contributed by atoms with van der Waals surface area (Å²) in [7, 11) is -2.20. The normalized spacial score (nSPS) is 11.3. The molecule has 106 valence electrons. The Morgan fingerprint density at radius 1 is 1.30 bits per heavy atom. The molecule has 0 saturated carbocycles. The molecule has 7 nitrogen and oxygen atoms in total. The summed E-state index contributed by atoms with van der Waals surface area (Å²) in [6, 6.07) is 5.65. The van der Waals surface area contributed by atoms with E-state index in [9.17, 15) is 13.2 Å². The molecule has 0 aliphatic heterocycles. The van der Waals surface area contributed by atoms with Crippen LogP contribution < -0.4 is 10.0 Å². The topological polar surface area (TPSA) is 106 Å². The summed E-state index contributed by atoms with van der Waals surface area (Å²) >= 11 is 0. The van der Waals surface area contributed by atoms with Crippen LogP contribution in [0, 0.1) is 6.92 Å². The van der Waals surface area contributed by atoms with Crippen LogP contribution in [0.5, 0.6) is 0 Å². The predicted octanol–water partition coefficient (Wildman–Crippen LogP) is 0.907. The average Bonchev–Trinajstić information content (AvgIpc) is 2.82. The smallest absolute Gasteiger partial charge is 0.296 e. The Labute approximate surface area is 116 Å². The quantitative estimate of drug-likeness (QED) is 0.905. The monoisotopic (exact) mass is 295 g/mol. The zero-order valence-electron chi connectivity index (χ0n) is 10.9. The van der Waals surface area contributed by atoms with E-state index in [1.165, 1.54) is 35.4 Å². The molecule has 0 fully saturated rings. The molecule has 0 spiro atoms. The van der Waals surface area contributed by atoms with Crippen LogP contribution in [0.15, 0.2) is 39.9 Å². The van der Waals surface area contributed by atoms with Crippen molar-refractivity contribution in [2.24, 2.45) is 5.14 Å². The predicted molar refractivity (Wildman–Crippen MR) is 71.8 cm³/mol. The fourth-order valence-corrected chi connectivity index (χ4v) is 2.14. The summed E-state index contributed by atoms with van der Waals surface area (Å²) in [6.07, 6.45) is 1.45. The van der Waals surface area contributed by atoms with Crippen LogP contribution in [0.4, 0.5) is 5.69 Å². The molecule has 1 heterocycles. The molecule has 2 N–H and O–H groups in total. The Morgan fingerprint density at radius 2 is 1.90 bits per heavy atom. The third-order valence-corrected chi connectivity index (χ3v) is 3.73. The van der Waals surface area contributed by atoms with Gasteiger partial charge in [-0.15, -0.1) is 0 Å². The maximum Gasteiger partial charge on any atom is 0.296 e. The van der Waals surface area contributed by atoms with Crippen molar-refractivity contribution in [3.05, 3.63) is 41.8 Å². The van der Waals surface area contributed by atoms with Crippen LogP contribution in [0.1, 0.15) is 16.1 Å². The number of aromatic nitrogens is 1. The highest BCUT2D eigenvalue weighted by molar-refractivity contribution is 7.89. The Bertz CT molecular complexity index is 734. The lowest BCUT2D eigenvalue weighted by Crippen LogP contribution is -2.26.